The van der Waals surface area contributed by atoms with Crippen LogP contribution in [0.25, 0.3) is 0 Å². The first-order chi connectivity index (χ1) is 8.86. The molecule has 19 heavy (non-hydrogen) atoms. The molecule has 1 rings (SSSR count). The zero-order chi connectivity index (χ0) is 14.5. The van der Waals surface area contributed by atoms with Crippen molar-refractivity contribution in [3.05, 3.63) is 35.9 Å². The molecule has 0 aliphatic carbocycles. The number of hydrogen-bond donors (Lipinski definition) is 2. The maximum Gasteiger partial charge on any atom is 0.328 e. The normalized spacial score (nSPS) is 10.9. The molecule has 5 nitrogen and oxygen atoms in total. The minimum atomic E-state index is -1.28. The van der Waals surface area contributed by atoms with E-state index in [-0.39, 0.29) is 6.03 Å². The van der Waals surface area contributed by atoms with Crippen molar-refractivity contribution in [2.75, 3.05) is 6.54 Å². The molecule has 0 aromatic heterocycles. The summed E-state index contributed by atoms with van der Waals surface area (Å²) >= 11 is 0. The van der Waals surface area contributed by atoms with E-state index in [1.165, 1.54) is 13.8 Å². The molecule has 0 saturated carbocycles. The maximum absolute atomic E-state index is 12.1. The number of carbonyl (C=O) groups excluding carboxylic acids is 1. The Balaban J connectivity index is 2.70. The lowest BCUT2D eigenvalue weighted by molar-refractivity contribution is -0.143. The van der Waals surface area contributed by atoms with Crippen LogP contribution in [-0.4, -0.2) is 34.1 Å². The minimum Gasteiger partial charge on any atom is -0.480 e. The lowest BCUT2D eigenvalue weighted by atomic mass is 10.1. The van der Waals surface area contributed by atoms with E-state index in [1.807, 2.05) is 37.3 Å². The molecule has 2 amide bonds. The van der Waals surface area contributed by atoms with E-state index in [0.717, 1.165) is 5.56 Å². The molecule has 0 atom stereocenters. The van der Waals surface area contributed by atoms with Crippen molar-refractivity contribution in [2.45, 2.75) is 32.9 Å². The molecular weight excluding hydrogens is 244 g/mol. The molecule has 2 N–H and O–H groups in total. The van der Waals surface area contributed by atoms with Gasteiger partial charge in [0, 0.05) is 13.1 Å². The van der Waals surface area contributed by atoms with Gasteiger partial charge in [-0.05, 0) is 26.3 Å². The van der Waals surface area contributed by atoms with Gasteiger partial charge in [0.1, 0.15) is 5.54 Å². The third-order valence-electron chi connectivity index (χ3n) is 2.84. The minimum absolute atomic E-state index is 0.376. The lowest BCUT2D eigenvalue weighted by Crippen LogP contribution is -2.54. The van der Waals surface area contributed by atoms with Crippen molar-refractivity contribution in [3.63, 3.8) is 0 Å². The Morgan fingerprint density at radius 3 is 2.32 bits per heavy atom. The molecule has 5 heteroatoms. The summed E-state index contributed by atoms with van der Waals surface area (Å²) in [5.74, 6) is -1.06. The summed E-state index contributed by atoms with van der Waals surface area (Å²) in [7, 11) is 0. The summed E-state index contributed by atoms with van der Waals surface area (Å²) in [6.07, 6.45) is 0. The van der Waals surface area contributed by atoms with E-state index in [2.05, 4.69) is 5.32 Å². The number of hydrogen-bond acceptors (Lipinski definition) is 2. The Hall–Kier alpha value is -2.04. The molecule has 0 bridgehead atoms. The molecule has 0 saturated heterocycles. The fraction of sp³-hybridized carbons (Fsp3) is 0.429. The van der Waals surface area contributed by atoms with Crippen molar-refractivity contribution >= 4 is 12.0 Å². The summed E-state index contributed by atoms with van der Waals surface area (Å²) < 4.78 is 0. The summed E-state index contributed by atoms with van der Waals surface area (Å²) in [5.41, 5.74) is -0.270. The third kappa shape index (κ3) is 4.28. The first kappa shape index (κ1) is 15.0. The quantitative estimate of drug-likeness (QED) is 0.855. The highest BCUT2D eigenvalue weighted by molar-refractivity contribution is 5.85. The highest BCUT2D eigenvalue weighted by Gasteiger charge is 2.30. The van der Waals surface area contributed by atoms with Gasteiger partial charge in [0.15, 0.2) is 0 Å². The van der Waals surface area contributed by atoms with Gasteiger partial charge in [-0.3, -0.25) is 0 Å². The van der Waals surface area contributed by atoms with Crippen LogP contribution in [0.5, 0.6) is 0 Å². The number of rotatable bonds is 5. The van der Waals surface area contributed by atoms with Gasteiger partial charge in [0.05, 0.1) is 0 Å². The van der Waals surface area contributed by atoms with Crippen molar-refractivity contribution in [1.82, 2.24) is 10.2 Å². The highest BCUT2D eigenvalue weighted by Crippen LogP contribution is 2.07. The summed E-state index contributed by atoms with van der Waals surface area (Å²) in [6, 6.07) is 9.20. The van der Waals surface area contributed by atoms with E-state index in [0.29, 0.717) is 13.1 Å². The van der Waals surface area contributed by atoms with Gasteiger partial charge in [-0.2, -0.15) is 0 Å². The number of nitrogens with one attached hydrogen (secondary N) is 1. The van der Waals surface area contributed by atoms with Gasteiger partial charge in [-0.25, -0.2) is 9.59 Å². The van der Waals surface area contributed by atoms with E-state index in [9.17, 15) is 9.59 Å². The van der Waals surface area contributed by atoms with Crippen LogP contribution in [0.4, 0.5) is 4.79 Å². The van der Waals surface area contributed by atoms with Crippen LogP contribution in [0.15, 0.2) is 30.3 Å². The van der Waals surface area contributed by atoms with Crippen LogP contribution in [0.3, 0.4) is 0 Å². The molecule has 104 valence electrons. The standard InChI is InChI=1S/C14H20N2O3/c1-4-16(10-11-8-6-5-7-9-11)13(19)15-14(2,3)12(17)18/h5-9H,4,10H2,1-3H3,(H,15,19)(H,17,18). The van der Waals surface area contributed by atoms with Gasteiger partial charge in [-0.1, -0.05) is 30.3 Å². The Bertz CT molecular complexity index is 443. The first-order valence-electron chi connectivity index (χ1n) is 6.21. The monoisotopic (exact) mass is 264 g/mol. The van der Waals surface area contributed by atoms with Gasteiger partial charge in [-0.15, -0.1) is 0 Å². The summed E-state index contributed by atoms with van der Waals surface area (Å²) in [5, 5.41) is 11.5. The molecule has 0 aliphatic rings. The van der Waals surface area contributed by atoms with Crippen molar-refractivity contribution in [1.29, 1.82) is 0 Å². The number of carbonyl (C=O) groups is 2. The van der Waals surface area contributed by atoms with Crippen molar-refractivity contribution < 1.29 is 14.7 Å². The highest BCUT2D eigenvalue weighted by atomic mass is 16.4. The van der Waals surface area contributed by atoms with E-state index < -0.39 is 11.5 Å². The van der Waals surface area contributed by atoms with Crippen molar-refractivity contribution in [2.24, 2.45) is 0 Å². The number of nitrogens with zero attached hydrogens (tertiary/aromatic N) is 1. The number of aliphatic carboxylic acids is 1. The van der Waals surface area contributed by atoms with E-state index in [1.54, 1.807) is 4.90 Å². The molecular formula is C14H20N2O3. The molecule has 0 radical (unpaired) electrons. The van der Waals surface area contributed by atoms with Crippen LogP contribution in [0, 0.1) is 0 Å². The predicted octanol–water partition coefficient (Wildman–Crippen LogP) is 2.08. The molecule has 1 aromatic rings. The first-order valence-corrected chi connectivity index (χ1v) is 6.21. The SMILES string of the molecule is CCN(Cc1ccccc1)C(=O)NC(C)(C)C(=O)O. The summed E-state index contributed by atoms with van der Waals surface area (Å²) in [6.45, 7) is 5.75. The Morgan fingerprint density at radius 2 is 1.84 bits per heavy atom. The predicted molar refractivity (Wildman–Crippen MR) is 72.8 cm³/mol. The second-order valence-electron chi connectivity index (χ2n) is 4.86. The fourth-order valence-electron chi connectivity index (χ4n) is 1.53. The topological polar surface area (TPSA) is 69.6 Å². The van der Waals surface area contributed by atoms with Crippen LogP contribution in [0.1, 0.15) is 26.3 Å². The van der Waals surface area contributed by atoms with E-state index >= 15 is 0 Å². The van der Waals surface area contributed by atoms with Crippen LogP contribution < -0.4 is 5.32 Å². The molecule has 0 fully saturated rings. The van der Waals surface area contributed by atoms with Crippen LogP contribution in [0.2, 0.25) is 0 Å². The molecule has 0 unspecified atom stereocenters. The molecule has 0 aliphatic heterocycles. The average Bonchev–Trinajstić information content (AvgIpc) is 2.36. The van der Waals surface area contributed by atoms with Gasteiger partial charge < -0.3 is 15.3 Å². The number of carboxylic acid groups (broad SMARTS) is 1. The van der Waals surface area contributed by atoms with Crippen LogP contribution in [-0.2, 0) is 11.3 Å². The van der Waals surface area contributed by atoms with Gasteiger partial charge in [0.2, 0.25) is 0 Å². The third-order valence-corrected chi connectivity index (χ3v) is 2.84. The second kappa shape index (κ2) is 6.22. The Labute approximate surface area is 113 Å². The lowest BCUT2D eigenvalue weighted by Gasteiger charge is -2.27. The number of carboxylic acids is 1. The molecule has 0 heterocycles. The Kier molecular flexibility index (Phi) is 4.92. The second-order valence-corrected chi connectivity index (χ2v) is 4.86. The molecule has 1 aromatic carbocycles. The maximum atomic E-state index is 12.1. The Morgan fingerprint density at radius 1 is 1.26 bits per heavy atom. The number of benzene rings is 1. The van der Waals surface area contributed by atoms with Gasteiger partial charge in [0.25, 0.3) is 0 Å². The number of amides is 2. The fourth-order valence-corrected chi connectivity index (χ4v) is 1.53. The number of urea groups is 1. The largest absolute Gasteiger partial charge is 0.480 e. The zero-order valence-electron chi connectivity index (χ0n) is 11.5. The van der Waals surface area contributed by atoms with E-state index in [4.69, 9.17) is 5.11 Å². The van der Waals surface area contributed by atoms with Crippen LogP contribution >= 0.6 is 0 Å². The molecule has 0 spiro atoms. The van der Waals surface area contributed by atoms with Crippen molar-refractivity contribution in [3.8, 4) is 0 Å². The van der Waals surface area contributed by atoms with Gasteiger partial charge >= 0.3 is 12.0 Å². The zero-order valence-corrected chi connectivity index (χ0v) is 11.5. The smallest absolute Gasteiger partial charge is 0.328 e. The summed E-state index contributed by atoms with van der Waals surface area (Å²) in [4.78, 5) is 24.6. The average molecular weight is 264 g/mol.